The molecular formula is C14H21NO2. The van der Waals surface area contributed by atoms with Crippen LogP contribution < -0.4 is 5.32 Å². The van der Waals surface area contributed by atoms with E-state index < -0.39 is 0 Å². The number of nitrogens with one attached hydrogen (secondary N) is 1. The first-order valence-electron chi connectivity index (χ1n) is 6.21. The summed E-state index contributed by atoms with van der Waals surface area (Å²) in [6.45, 7) is 2.80. The number of aryl methyl sites for hydroxylation is 1. The van der Waals surface area contributed by atoms with Crippen LogP contribution in [0.3, 0.4) is 0 Å². The summed E-state index contributed by atoms with van der Waals surface area (Å²) in [6, 6.07) is 8.33. The van der Waals surface area contributed by atoms with Gasteiger partial charge in [0.05, 0.1) is 0 Å². The zero-order chi connectivity index (χ0) is 12.5. The Morgan fingerprint density at radius 1 is 1.24 bits per heavy atom. The van der Waals surface area contributed by atoms with Gasteiger partial charge in [0.25, 0.3) is 0 Å². The molecule has 17 heavy (non-hydrogen) atoms. The minimum atomic E-state index is -0.00307. The highest BCUT2D eigenvalue weighted by molar-refractivity contribution is 5.75. The molecule has 0 aliphatic carbocycles. The number of carbonyl (C=O) groups excluding carboxylic acids is 1. The number of aliphatic hydroxyl groups excluding tert-OH is 1. The minimum absolute atomic E-state index is 0.00307. The number of aliphatic hydroxyl groups is 1. The summed E-state index contributed by atoms with van der Waals surface area (Å²) < 4.78 is 0. The summed E-state index contributed by atoms with van der Waals surface area (Å²) in [5.41, 5.74) is 2.45. The van der Waals surface area contributed by atoms with Gasteiger partial charge >= 0.3 is 0 Å². The number of carbonyl (C=O) groups is 1. The fourth-order valence-corrected chi connectivity index (χ4v) is 1.64. The van der Waals surface area contributed by atoms with Gasteiger partial charge in [-0.15, -0.1) is 0 Å². The predicted molar refractivity (Wildman–Crippen MR) is 68.6 cm³/mol. The molecule has 1 amide bonds. The van der Waals surface area contributed by atoms with Crippen molar-refractivity contribution in [2.75, 3.05) is 6.61 Å². The molecule has 0 unspecified atom stereocenters. The molecule has 1 aromatic rings. The van der Waals surface area contributed by atoms with Crippen molar-refractivity contribution in [3.05, 3.63) is 35.4 Å². The highest BCUT2D eigenvalue weighted by atomic mass is 16.3. The summed E-state index contributed by atoms with van der Waals surface area (Å²) in [6.07, 6.45) is 3.17. The molecule has 0 fully saturated rings. The summed E-state index contributed by atoms with van der Waals surface area (Å²) in [7, 11) is 0. The van der Waals surface area contributed by atoms with Crippen molar-refractivity contribution in [1.29, 1.82) is 0 Å². The Kier molecular flexibility index (Phi) is 6.33. The number of hydrogen-bond donors (Lipinski definition) is 2. The van der Waals surface area contributed by atoms with Crippen molar-refractivity contribution in [3.63, 3.8) is 0 Å². The van der Waals surface area contributed by atoms with Crippen LogP contribution in [0.15, 0.2) is 24.3 Å². The Morgan fingerprint density at radius 3 is 2.47 bits per heavy atom. The second-order valence-electron chi connectivity index (χ2n) is 4.17. The molecule has 0 saturated heterocycles. The molecule has 0 bridgehead atoms. The van der Waals surface area contributed by atoms with Gasteiger partial charge in [0.1, 0.15) is 0 Å². The standard InChI is InChI=1S/C14H21NO2/c1-2-4-12-6-8-13(9-7-12)11-15-14(17)5-3-10-16/h6-9,16H,2-5,10-11H2,1H3,(H,15,17). The fraction of sp³-hybridized carbons (Fsp3) is 0.500. The summed E-state index contributed by atoms with van der Waals surface area (Å²) in [5.74, 6) is -0.00307. The molecule has 0 aliphatic rings. The third kappa shape index (κ3) is 5.50. The lowest BCUT2D eigenvalue weighted by atomic mass is 10.1. The summed E-state index contributed by atoms with van der Waals surface area (Å²) in [5, 5.41) is 11.4. The van der Waals surface area contributed by atoms with Gasteiger partial charge in [0.15, 0.2) is 0 Å². The molecule has 0 heterocycles. The molecule has 0 saturated carbocycles. The fourth-order valence-electron chi connectivity index (χ4n) is 1.64. The molecule has 0 aliphatic heterocycles. The molecule has 94 valence electrons. The number of benzene rings is 1. The van der Waals surface area contributed by atoms with Crippen molar-refractivity contribution in [3.8, 4) is 0 Å². The van der Waals surface area contributed by atoms with Gasteiger partial charge in [-0.3, -0.25) is 4.79 Å². The van der Waals surface area contributed by atoms with Crippen LogP contribution in [-0.4, -0.2) is 17.6 Å². The van der Waals surface area contributed by atoms with Crippen molar-refractivity contribution in [1.82, 2.24) is 5.32 Å². The van der Waals surface area contributed by atoms with E-state index in [-0.39, 0.29) is 12.5 Å². The third-order valence-electron chi connectivity index (χ3n) is 2.61. The molecular weight excluding hydrogens is 214 g/mol. The van der Waals surface area contributed by atoms with Gasteiger partial charge in [-0.2, -0.15) is 0 Å². The van der Waals surface area contributed by atoms with Gasteiger partial charge in [-0.25, -0.2) is 0 Å². The monoisotopic (exact) mass is 235 g/mol. The highest BCUT2D eigenvalue weighted by Crippen LogP contribution is 2.06. The average Bonchev–Trinajstić information content (AvgIpc) is 2.36. The van der Waals surface area contributed by atoms with Crippen LogP contribution in [0, 0.1) is 0 Å². The maximum atomic E-state index is 11.3. The molecule has 3 heteroatoms. The molecule has 1 rings (SSSR count). The topological polar surface area (TPSA) is 49.3 Å². The predicted octanol–water partition coefficient (Wildman–Crippen LogP) is 2.03. The van der Waals surface area contributed by atoms with E-state index in [2.05, 4.69) is 36.5 Å². The third-order valence-corrected chi connectivity index (χ3v) is 2.61. The van der Waals surface area contributed by atoms with Crippen molar-refractivity contribution >= 4 is 5.91 Å². The zero-order valence-electron chi connectivity index (χ0n) is 10.4. The maximum absolute atomic E-state index is 11.3. The molecule has 0 aromatic heterocycles. The molecule has 0 atom stereocenters. The van der Waals surface area contributed by atoms with Gasteiger partial charge in [-0.1, -0.05) is 37.6 Å². The first-order chi connectivity index (χ1) is 8.26. The van der Waals surface area contributed by atoms with Crippen LogP contribution in [0.1, 0.15) is 37.3 Å². The lowest BCUT2D eigenvalue weighted by Gasteiger charge is -2.06. The highest BCUT2D eigenvalue weighted by Gasteiger charge is 2.00. The van der Waals surface area contributed by atoms with E-state index in [0.29, 0.717) is 19.4 Å². The minimum Gasteiger partial charge on any atom is -0.396 e. The normalized spacial score (nSPS) is 10.2. The Hall–Kier alpha value is -1.35. The lowest BCUT2D eigenvalue weighted by molar-refractivity contribution is -0.121. The van der Waals surface area contributed by atoms with Crippen LogP contribution in [0.25, 0.3) is 0 Å². The van der Waals surface area contributed by atoms with Crippen molar-refractivity contribution < 1.29 is 9.90 Å². The van der Waals surface area contributed by atoms with E-state index in [1.54, 1.807) is 0 Å². The Morgan fingerprint density at radius 2 is 1.88 bits per heavy atom. The molecule has 0 spiro atoms. The SMILES string of the molecule is CCCc1ccc(CNC(=O)CCCO)cc1. The van der Waals surface area contributed by atoms with Crippen LogP contribution in [0.2, 0.25) is 0 Å². The van der Waals surface area contributed by atoms with Crippen molar-refractivity contribution in [2.24, 2.45) is 0 Å². The van der Waals surface area contributed by atoms with Gasteiger partial charge in [-0.05, 0) is 24.0 Å². The lowest BCUT2D eigenvalue weighted by Crippen LogP contribution is -2.22. The first-order valence-corrected chi connectivity index (χ1v) is 6.21. The maximum Gasteiger partial charge on any atom is 0.220 e. The molecule has 3 nitrogen and oxygen atoms in total. The molecule has 0 radical (unpaired) electrons. The van der Waals surface area contributed by atoms with E-state index >= 15 is 0 Å². The summed E-state index contributed by atoms with van der Waals surface area (Å²) >= 11 is 0. The molecule has 2 N–H and O–H groups in total. The number of amides is 1. The Bertz CT molecular complexity index is 333. The summed E-state index contributed by atoms with van der Waals surface area (Å²) in [4.78, 5) is 11.3. The van der Waals surface area contributed by atoms with Crippen molar-refractivity contribution in [2.45, 2.75) is 39.2 Å². The van der Waals surface area contributed by atoms with E-state index in [1.165, 1.54) is 5.56 Å². The van der Waals surface area contributed by atoms with E-state index in [4.69, 9.17) is 5.11 Å². The van der Waals surface area contributed by atoms with E-state index in [9.17, 15) is 4.79 Å². The van der Waals surface area contributed by atoms with Crippen LogP contribution in [0.4, 0.5) is 0 Å². The second kappa shape index (κ2) is 7.85. The van der Waals surface area contributed by atoms with Crippen LogP contribution in [0.5, 0.6) is 0 Å². The first kappa shape index (κ1) is 13.7. The number of rotatable bonds is 7. The van der Waals surface area contributed by atoms with Gasteiger partial charge in [0, 0.05) is 19.6 Å². The van der Waals surface area contributed by atoms with Gasteiger partial charge < -0.3 is 10.4 Å². The Balaban J connectivity index is 2.34. The van der Waals surface area contributed by atoms with E-state index in [0.717, 1.165) is 18.4 Å². The quantitative estimate of drug-likeness (QED) is 0.759. The Labute approximate surface area is 103 Å². The molecule has 1 aromatic carbocycles. The van der Waals surface area contributed by atoms with Crippen LogP contribution >= 0.6 is 0 Å². The zero-order valence-corrected chi connectivity index (χ0v) is 10.4. The van der Waals surface area contributed by atoms with Gasteiger partial charge in [0.2, 0.25) is 5.91 Å². The number of hydrogen-bond acceptors (Lipinski definition) is 2. The average molecular weight is 235 g/mol. The van der Waals surface area contributed by atoms with Crippen LogP contribution in [-0.2, 0) is 17.8 Å². The van der Waals surface area contributed by atoms with E-state index in [1.807, 2.05) is 0 Å². The second-order valence-corrected chi connectivity index (χ2v) is 4.17. The largest absolute Gasteiger partial charge is 0.396 e. The smallest absolute Gasteiger partial charge is 0.220 e.